The van der Waals surface area contributed by atoms with E-state index in [2.05, 4.69) is 4.90 Å². The summed E-state index contributed by atoms with van der Waals surface area (Å²) in [5.41, 5.74) is 0.594. The molecule has 23 heavy (non-hydrogen) atoms. The van der Waals surface area contributed by atoms with Crippen molar-refractivity contribution >= 4 is 11.8 Å². The number of carbonyl (C=O) groups excluding carboxylic acids is 2. The van der Waals surface area contributed by atoms with Gasteiger partial charge in [-0.05, 0) is 44.1 Å². The Morgan fingerprint density at radius 1 is 1.17 bits per heavy atom. The Kier molecular flexibility index (Phi) is 4.95. The van der Waals surface area contributed by atoms with E-state index in [1.54, 1.807) is 23.9 Å². The number of rotatable bonds is 3. The number of hydrogen-bond donors (Lipinski definition) is 0. The summed E-state index contributed by atoms with van der Waals surface area (Å²) in [6.45, 7) is 3.41. The Bertz CT molecular complexity index is 457. The number of nitrogens with zero attached hydrogens (tertiary/aromatic N) is 3. The first-order chi connectivity index (χ1) is 11.0. The van der Waals surface area contributed by atoms with Gasteiger partial charge in [0.2, 0.25) is 11.8 Å². The highest BCUT2D eigenvalue weighted by Crippen LogP contribution is 2.46. The zero-order valence-electron chi connectivity index (χ0n) is 14.7. The molecule has 3 fully saturated rings. The molecule has 0 aromatic heterocycles. The molecule has 2 saturated heterocycles. The van der Waals surface area contributed by atoms with Crippen LogP contribution in [0.5, 0.6) is 0 Å². The maximum absolute atomic E-state index is 12.3. The topological polar surface area (TPSA) is 43.9 Å². The quantitative estimate of drug-likeness (QED) is 0.795. The molecule has 5 heteroatoms. The lowest BCUT2D eigenvalue weighted by atomic mass is 9.85. The summed E-state index contributed by atoms with van der Waals surface area (Å²) in [5, 5.41) is 0. The molecule has 2 heterocycles. The molecule has 0 N–H and O–H groups in total. The third kappa shape index (κ3) is 3.70. The van der Waals surface area contributed by atoms with Gasteiger partial charge < -0.3 is 9.80 Å². The minimum atomic E-state index is 0.0166. The van der Waals surface area contributed by atoms with Gasteiger partial charge in [0.25, 0.3) is 0 Å². The third-order valence-corrected chi connectivity index (χ3v) is 6.25. The molecule has 3 rings (SSSR count). The van der Waals surface area contributed by atoms with Gasteiger partial charge in [0.05, 0.1) is 6.54 Å². The first-order valence-electron chi connectivity index (χ1n) is 9.21. The molecule has 1 spiro atoms. The molecule has 130 valence electrons. The van der Waals surface area contributed by atoms with Crippen molar-refractivity contribution in [2.75, 3.05) is 40.3 Å². The van der Waals surface area contributed by atoms with Crippen LogP contribution in [0.1, 0.15) is 51.4 Å². The van der Waals surface area contributed by atoms with E-state index in [0.717, 1.165) is 19.4 Å². The molecule has 5 nitrogen and oxygen atoms in total. The first-order valence-corrected chi connectivity index (χ1v) is 9.21. The van der Waals surface area contributed by atoms with Crippen LogP contribution in [-0.4, -0.2) is 72.8 Å². The third-order valence-electron chi connectivity index (χ3n) is 6.25. The van der Waals surface area contributed by atoms with Gasteiger partial charge in [-0.3, -0.25) is 14.5 Å². The van der Waals surface area contributed by atoms with Crippen molar-refractivity contribution in [2.24, 2.45) is 5.41 Å². The zero-order valence-corrected chi connectivity index (χ0v) is 14.7. The van der Waals surface area contributed by atoms with Gasteiger partial charge in [-0.2, -0.15) is 0 Å². The Balaban J connectivity index is 1.56. The van der Waals surface area contributed by atoms with Crippen molar-refractivity contribution in [1.29, 1.82) is 0 Å². The minimum Gasteiger partial charge on any atom is -0.347 e. The van der Waals surface area contributed by atoms with E-state index in [4.69, 9.17) is 0 Å². The average molecular weight is 321 g/mol. The van der Waals surface area contributed by atoms with Crippen LogP contribution in [0.2, 0.25) is 0 Å². The lowest BCUT2D eigenvalue weighted by Crippen LogP contribution is -2.40. The van der Waals surface area contributed by atoms with Gasteiger partial charge in [-0.1, -0.05) is 12.8 Å². The highest BCUT2D eigenvalue weighted by molar-refractivity contribution is 5.84. The SMILES string of the molecule is CN(C)C(=O)CN1CC[C@@H](N2CCC3(CCCC3)C2)CCC1=O. The molecule has 0 aromatic carbocycles. The highest BCUT2D eigenvalue weighted by atomic mass is 16.2. The summed E-state index contributed by atoms with van der Waals surface area (Å²) in [6.07, 6.45) is 9.52. The molecule has 1 saturated carbocycles. The molecule has 0 unspecified atom stereocenters. The summed E-state index contributed by atoms with van der Waals surface area (Å²) < 4.78 is 0. The summed E-state index contributed by atoms with van der Waals surface area (Å²) in [6, 6.07) is 0.526. The smallest absolute Gasteiger partial charge is 0.241 e. The largest absolute Gasteiger partial charge is 0.347 e. The van der Waals surface area contributed by atoms with Crippen LogP contribution in [-0.2, 0) is 9.59 Å². The van der Waals surface area contributed by atoms with Gasteiger partial charge in [0, 0.05) is 39.6 Å². The fraction of sp³-hybridized carbons (Fsp3) is 0.889. The van der Waals surface area contributed by atoms with Gasteiger partial charge in [-0.15, -0.1) is 0 Å². The van der Waals surface area contributed by atoms with Crippen LogP contribution < -0.4 is 0 Å². The normalized spacial score (nSPS) is 28.3. The van der Waals surface area contributed by atoms with E-state index in [1.807, 2.05) is 0 Å². The van der Waals surface area contributed by atoms with E-state index in [-0.39, 0.29) is 18.4 Å². The summed E-state index contributed by atoms with van der Waals surface area (Å²) in [7, 11) is 3.50. The molecule has 0 bridgehead atoms. The minimum absolute atomic E-state index is 0.0166. The summed E-state index contributed by atoms with van der Waals surface area (Å²) in [5.74, 6) is 0.167. The number of hydrogen-bond acceptors (Lipinski definition) is 3. The van der Waals surface area contributed by atoms with Crippen LogP contribution in [0, 0.1) is 5.41 Å². The second kappa shape index (κ2) is 6.80. The van der Waals surface area contributed by atoms with Crippen LogP contribution in [0.15, 0.2) is 0 Å². The first kappa shape index (κ1) is 16.7. The molecule has 0 aromatic rings. The standard InChI is InChI=1S/C18H31N3O2/c1-19(2)17(23)13-20-11-7-15(5-6-16(20)22)21-12-10-18(14-21)8-3-4-9-18/h15H,3-14H2,1-2H3/t15-/m0/s1. The predicted molar refractivity (Wildman–Crippen MR) is 90.0 cm³/mol. The molecule has 1 aliphatic carbocycles. The maximum Gasteiger partial charge on any atom is 0.241 e. The Morgan fingerprint density at radius 2 is 1.91 bits per heavy atom. The predicted octanol–water partition coefficient (Wildman–Crippen LogP) is 1.72. The zero-order chi connectivity index (χ0) is 16.4. The van der Waals surface area contributed by atoms with E-state index < -0.39 is 0 Å². The number of likely N-dealkylation sites (tertiary alicyclic amines) is 2. The second-order valence-corrected chi connectivity index (χ2v) is 8.01. The molecule has 0 radical (unpaired) electrons. The average Bonchev–Trinajstić information content (AvgIpc) is 3.11. The molecule has 2 aliphatic heterocycles. The molecule has 3 aliphatic rings. The van der Waals surface area contributed by atoms with Crippen molar-refractivity contribution in [3.05, 3.63) is 0 Å². The fourth-order valence-electron chi connectivity index (χ4n) is 4.67. The van der Waals surface area contributed by atoms with E-state index in [1.165, 1.54) is 45.2 Å². The fourth-order valence-corrected chi connectivity index (χ4v) is 4.67. The van der Waals surface area contributed by atoms with Gasteiger partial charge >= 0.3 is 0 Å². The van der Waals surface area contributed by atoms with Crippen LogP contribution in [0.3, 0.4) is 0 Å². The van der Waals surface area contributed by atoms with E-state index in [0.29, 0.717) is 17.9 Å². The van der Waals surface area contributed by atoms with Gasteiger partial charge in [0.15, 0.2) is 0 Å². The molecular weight excluding hydrogens is 290 g/mol. The Labute approximate surface area is 140 Å². The monoisotopic (exact) mass is 321 g/mol. The van der Waals surface area contributed by atoms with Gasteiger partial charge in [-0.25, -0.2) is 0 Å². The molecule has 2 amide bonds. The van der Waals surface area contributed by atoms with Crippen molar-refractivity contribution in [2.45, 2.75) is 57.4 Å². The second-order valence-electron chi connectivity index (χ2n) is 8.01. The van der Waals surface area contributed by atoms with Gasteiger partial charge in [0.1, 0.15) is 0 Å². The lowest BCUT2D eigenvalue weighted by Gasteiger charge is -2.29. The lowest BCUT2D eigenvalue weighted by molar-refractivity contribution is -0.138. The van der Waals surface area contributed by atoms with Crippen LogP contribution >= 0.6 is 0 Å². The van der Waals surface area contributed by atoms with E-state index >= 15 is 0 Å². The maximum atomic E-state index is 12.3. The molecular formula is C18H31N3O2. The van der Waals surface area contributed by atoms with Crippen molar-refractivity contribution in [1.82, 2.24) is 14.7 Å². The van der Waals surface area contributed by atoms with Crippen molar-refractivity contribution < 1.29 is 9.59 Å². The number of carbonyl (C=O) groups is 2. The van der Waals surface area contributed by atoms with E-state index in [9.17, 15) is 9.59 Å². The Morgan fingerprint density at radius 3 is 2.61 bits per heavy atom. The Hall–Kier alpha value is -1.10. The highest BCUT2D eigenvalue weighted by Gasteiger charge is 2.42. The van der Waals surface area contributed by atoms with Crippen molar-refractivity contribution in [3.63, 3.8) is 0 Å². The van der Waals surface area contributed by atoms with Crippen LogP contribution in [0.4, 0.5) is 0 Å². The van der Waals surface area contributed by atoms with Crippen LogP contribution in [0.25, 0.3) is 0 Å². The number of likely N-dealkylation sites (N-methyl/N-ethyl adjacent to an activating group) is 1. The summed E-state index contributed by atoms with van der Waals surface area (Å²) >= 11 is 0. The molecule has 1 atom stereocenters. The summed E-state index contributed by atoms with van der Waals surface area (Å²) in [4.78, 5) is 30.2. The van der Waals surface area contributed by atoms with Crippen molar-refractivity contribution in [3.8, 4) is 0 Å². The number of amides is 2.